The van der Waals surface area contributed by atoms with Crippen LogP contribution in [-0.4, -0.2) is 0 Å². The monoisotopic (exact) mass is 256 g/mol. The Bertz CT molecular complexity index is 293. The van der Waals surface area contributed by atoms with Crippen LogP contribution in [0.1, 0.15) is 24.8 Å². The summed E-state index contributed by atoms with van der Waals surface area (Å²) in [6, 6.07) is 2.23. The van der Waals surface area contributed by atoms with Crippen molar-refractivity contribution in [1.82, 2.24) is 0 Å². The van der Waals surface area contributed by atoms with E-state index in [4.69, 9.17) is 0 Å². The van der Waals surface area contributed by atoms with E-state index in [2.05, 4.69) is 39.5 Å². The minimum atomic E-state index is 0.909. The number of halogens is 1. The first kappa shape index (κ1) is 9.47. The van der Waals surface area contributed by atoms with Crippen LogP contribution >= 0.6 is 27.3 Å². The molecule has 1 heterocycles. The van der Waals surface area contributed by atoms with Crippen LogP contribution in [0.5, 0.6) is 0 Å². The highest BCUT2D eigenvalue weighted by molar-refractivity contribution is 9.11. The van der Waals surface area contributed by atoms with E-state index in [1.54, 1.807) is 11.3 Å². The molecule has 1 aromatic rings. The molecule has 1 aliphatic carbocycles. The van der Waals surface area contributed by atoms with Gasteiger partial charge in [-0.05, 0) is 64.5 Å². The van der Waals surface area contributed by atoms with Crippen LogP contribution in [0.25, 0.3) is 0 Å². The van der Waals surface area contributed by atoms with Crippen molar-refractivity contribution >= 4 is 27.3 Å². The Labute approximate surface area is 91.8 Å². The summed E-state index contributed by atoms with van der Waals surface area (Å²) in [5.74, 6) is 0.909. The van der Waals surface area contributed by atoms with Gasteiger partial charge >= 0.3 is 0 Å². The van der Waals surface area contributed by atoms with Gasteiger partial charge in [0.05, 0.1) is 3.79 Å². The minimum Gasteiger partial charge on any atom is -0.137 e. The van der Waals surface area contributed by atoms with E-state index in [0.29, 0.717) is 0 Å². The topological polar surface area (TPSA) is 0 Å². The number of aryl methyl sites for hydroxylation is 1. The molecule has 1 aromatic heterocycles. The van der Waals surface area contributed by atoms with Gasteiger partial charge in [-0.1, -0.05) is 12.2 Å². The van der Waals surface area contributed by atoms with Crippen LogP contribution in [0, 0.1) is 5.92 Å². The van der Waals surface area contributed by atoms with Gasteiger partial charge in [0.15, 0.2) is 0 Å². The second kappa shape index (κ2) is 4.43. The van der Waals surface area contributed by atoms with Crippen LogP contribution in [0.3, 0.4) is 0 Å². The fourth-order valence-electron chi connectivity index (χ4n) is 1.77. The molecule has 0 fully saturated rings. The van der Waals surface area contributed by atoms with Gasteiger partial charge in [0, 0.05) is 0 Å². The molecule has 0 bridgehead atoms. The third kappa shape index (κ3) is 2.44. The molecule has 0 saturated carbocycles. The largest absolute Gasteiger partial charge is 0.137 e. The van der Waals surface area contributed by atoms with Gasteiger partial charge < -0.3 is 0 Å². The zero-order chi connectivity index (χ0) is 9.10. The molecule has 0 unspecified atom stereocenters. The van der Waals surface area contributed by atoms with Crippen molar-refractivity contribution in [3.63, 3.8) is 0 Å². The highest BCUT2D eigenvalue weighted by atomic mass is 79.9. The van der Waals surface area contributed by atoms with Crippen molar-refractivity contribution in [2.24, 2.45) is 5.92 Å². The van der Waals surface area contributed by atoms with E-state index in [-0.39, 0.29) is 0 Å². The molecular weight excluding hydrogens is 244 g/mol. The lowest BCUT2D eigenvalue weighted by atomic mass is 9.99. The average molecular weight is 257 g/mol. The molecule has 0 nitrogen and oxygen atoms in total. The highest BCUT2D eigenvalue weighted by Gasteiger charge is 2.11. The SMILES string of the molecule is Brc1sccc1CCC1CC=CC1. The molecule has 0 aromatic carbocycles. The normalized spacial score (nSPS) is 17.0. The van der Waals surface area contributed by atoms with Crippen molar-refractivity contribution in [3.8, 4) is 0 Å². The fourth-order valence-corrected chi connectivity index (χ4v) is 3.10. The van der Waals surface area contributed by atoms with Crippen LogP contribution in [0.15, 0.2) is 27.4 Å². The quantitative estimate of drug-likeness (QED) is 0.703. The summed E-state index contributed by atoms with van der Waals surface area (Å²) in [6.07, 6.45) is 9.78. The molecule has 0 atom stereocenters. The molecule has 0 radical (unpaired) electrons. The van der Waals surface area contributed by atoms with E-state index >= 15 is 0 Å². The maximum Gasteiger partial charge on any atom is 0.0730 e. The van der Waals surface area contributed by atoms with Gasteiger partial charge in [0.2, 0.25) is 0 Å². The van der Waals surface area contributed by atoms with Crippen molar-refractivity contribution in [2.45, 2.75) is 25.7 Å². The average Bonchev–Trinajstić information content (AvgIpc) is 2.72. The lowest BCUT2D eigenvalue weighted by Gasteiger charge is -2.07. The number of rotatable bonds is 3. The number of thiophene rings is 1. The summed E-state index contributed by atoms with van der Waals surface area (Å²) in [5, 5.41) is 2.16. The van der Waals surface area contributed by atoms with Gasteiger partial charge in [-0.2, -0.15) is 0 Å². The fraction of sp³-hybridized carbons (Fsp3) is 0.455. The smallest absolute Gasteiger partial charge is 0.0730 e. The molecule has 13 heavy (non-hydrogen) atoms. The number of allylic oxidation sites excluding steroid dienone is 2. The molecule has 0 N–H and O–H groups in total. The Morgan fingerprint density at radius 1 is 1.38 bits per heavy atom. The minimum absolute atomic E-state index is 0.909. The van der Waals surface area contributed by atoms with Crippen molar-refractivity contribution in [1.29, 1.82) is 0 Å². The number of hydrogen-bond acceptors (Lipinski definition) is 1. The van der Waals surface area contributed by atoms with E-state index in [9.17, 15) is 0 Å². The van der Waals surface area contributed by atoms with Crippen molar-refractivity contribution < 1.29 is 0 Å². The second-order valence-electron chi connectivity index (χ2n) is 3.57. The molecule has 2 rings (SSSR count). The third-order valence-electron chi connectivity index (χ3n) is 2.62. The van der Waals surface area contributed by atoms with Gasteiger partial charge in [-0.15, -0.1) is 11.3 Å². The number of hydrogen-bond donors (Lipinski definition) is 0. The zero-order valence-corrected chi connectivity index (χ0v) is 9.90. The van der Waals surface area contributed by atoms with Gasteiger partial charge in [-0.3, -0.25) is 0 Å². The van der Waals surface area contributed by atoms with Gasteiger partial charge in [0.25, 0.3) is 0 Å². The van der Waals surface area contributed by atoms with E-state index < -0.39 is 0 Å². The van der Waals surface area contributed by atoms with Crippen molar-refractivity contribution in [3.05, 3.63) is 32.9 Å². The summed E-state index contributed by atoms with van der Waals surface area (Å²) < 4.78 is 1.32. The van der Waals surface area contributed by atoms with Crippen LogP contribution < -0.4 is 0 Å². The predicted molar refractivity (Wildman–Crippen MR) is 62.2 cm³/mol. The first-order chi connectivity index (χ1) is 6.36. The molecule has 0 saturated heterocycles. The standard InChI is InChI=1S/C11H13BrS/c12-11-10(7-8-13-11)6-5-9-3-1-2-4-9/h1-2,7-9H,3-6H2. The molecular formula is C11H13BrS. The first-order valence-electron chi connectivity index (χ1n) is 4.73. The second-order valence-corrected chi connectivity index (χ2v) is 5.80. The Morgan fingerprint density at radius 2 is 2.15 bits per heavy atom. The molecule has 0 amide bonds. The van der Waals surface area contributed by atoms with Gasteiger partial charge in [0.1, 0.15) is 0 Å². The van der Waals surface area contributed by atoms with Crippen LogP contribution in [0.4, 0.5) is 0 Å². The summed E-state index contributed by atoms with van der Waals surface area (Å²) in [4.78, 5) is 0. The van der Waals surface area contributed by atoms with Crippen LogP contribution in [0.2, 0.25) is 0 Å². The third-order valence-corrected chi connectivity index (χ3v) is 4.43. The summed E-state index contributed by atoms with van der Waals surface area (Å²) in [7, 11) is 0. The maximum atomic E-state index is 3.58. The molecule has 1 aliphatic rings. The maximum absolute atomic E-state index is 3.58. The van der Waals surface area contributed by atoms with E-state index in [1.807, 2.05) is 0 Å². The molecule has 0 spiro atoms. The predicted octanol–water partition coefficient (Wildman–Crippen LogP) is 4.41. The summed E-state index contributed by atoms with van der Waals surface area (Å²) in [6.45, 7) is 0. The van der Waals surface area contributed by atoms with Gasteiger partial charge in [-0.25, -0.2) is 0 Å². The van der Waals surface area contributed by atoms with Crippen LogP contribution in [-0.2, 0) is 6.42 Å². The summed E-state index contributed by atoms with van der Waals surface area (Å²) >= 11 is 5.37. The Hall–Kier alpha value is -0.0800. The summed E-state index contributed by atoms with van der Waals surface area (Å²) in [5.41, 5.74) is 1.48. The molecule has 2 heteroatoms. The lowest BCUT2D eigenvalue weighted by Crippen LogP contribution is -1.96. The first-order valence-corrected chi connectivity index (χ1v) is 6.40. The lowest BCUT2D eigenvalue weighted by molar-refractivity contribution is 0.521. The highest BCUT2D eigenvalue weighted by Crippen LogP contribution is 2.28. The molecule has 0 aliphatic heterocycles. The molecule has 70 valence electrons. The zero-order valence-electron chi connectivity index (χ0n) is 7.50. The Kier molecular flexibility index (Phi) is 3.23. The van der Waals surface area contributed by atoms with E-state index in [0.717, 1.165) is 5.92 Å². The Morgan fingerprint density at radius 3 is 2.77 bits per heavy atom. The Balaban J connectivity index is 1.82. The van der Waals surface area contributed by atoms with E-state index in [1.165, 1.54) is 35.0 Å². The van der Waals surface area contributed by atoms with Crippen molar-refractivity contribution in [2.75, 3.05) is 0 Å².